The number of para-hydroxylation sites is 1. The van der Waals surface area contributed by atoms with Crippen molar-refractivity contribution in [3.8, 4) is 0 Å². The Kier molecular flexibility index (Phi) is 4.03. The number of rotatable bonds is 6. The zero-order chi connectivity index (χ0) is 12.1. The van der Waals surface area contributed by atoms with Gasteiger partial charge in [-0.1, -0.05) is 50.5 Å². The van der Waals surface area contributed by atoms with Gasteiger partial charge >= 0.3 is 0 Å². The van der Waals surface area contributed by atoms with E-state index in [4.69, 9.17) is 0 Å². The molecule has 1 aromatic heterocycles. The minimum atomic E-state index is 0.484. The van der Waals surface area contributed by atoms with Crippen molar-refractivity contribution in [2.45, 2.75) is 38.5 Å². The molecule has 1 N–H and O–H groups in total. The lowest BCUT2D eigenvalue weighted by Gasteiger charge is -2.11. The van der Waals surface area contributed by atoms with Crippen LogP contribution < -0.4 is 0 Å². The highest BCUT2D eigenvalue weighted by molar-refractivity contribution is 5.83. The number of allylic oxidation sites excluding steroid dienone is 1. The minimum absolute atomic E-state index is 0.484. The molecule has 0 aliphatic carbocycles. The maximum atomic E-state index is 3.99. The van der Waals surface area contributed by atoms with Gasteiger partial charge in [-0.15, -0.1) is 6.58 Å². The third-order valence-electron chi connectivity index (χ3n) is 3.42. The van der Waals surface area contributed by atoms with Crippen LogP contribution in [0.15, 0.2) is 43.1 Å². The van der Waals surface area contributed by atoms with Gasteiger partial charge in [-0.2, -0.15) is 0 Å². The average Bonchev–Trinajstić information content (AvgIpc) is 2.79. The molecule has 1 unspecified atom stereocenters. The van der Waals surface area contributed by atoms with E-state index in [1.54, 1.807) is 0 Å². The van der Waals surface area contributed by atoms with E-state index in [9.17, 15) is 0 Å². The van der Waals surface area contributed by atoms with Gasteiger partial charge in [0.2, 0.25) is 0 Å². The normalized spacial score (nSPS) is 12.8. The van der Waals surface area contributed by atoms with Crippen LogP contribution in [0.4, 0.5) is 0 Å². The van der Waals surface area contributed by atoms with E-state index in [0.29, 0.717) is 5.92 Å². The summed E-state index contributed by atoms with van der Waals surface area (Å²) in [6, 6.07) is 8.50. The monoisotopic (exact) mass is 227 g/mol. The molecule has 0 spiro atoms. The van der Waals surface area contributed by atoms with Crippen LogP contribution in [0.5, 0.6) is 0 Å². The van der Waals surface area contributed by atoms with Gasteiger partial charge in [0.1, 0.15) is 0 Å². The second kappa shape index (κ2) is 5.72. The summed E-state index contributed by atoms with van der Waals surface area (Å²) in [5.41, 5.74) is 2.62. The van der Waals surface area contributed by atoms with Crippen molar-refractivity contribution in [2.24, 2.45) is 0 Å². The molecule has 0 bridgehead atoms. The van der Waals surface area contributed by atoms with Crippen LogP contribution in [0, 0.1) is 0 Å². The van der Waals surface area contributed by atoms with Crippen molar-refractivity contribution in [1.29, 1.82) is 0 Å². The Labute approximate surface area is 104 Å². The van der Waals surface area contributed by atoms with Crippen molar-refractivity contribution < 1.29 is 0 Å². The van der Waals surface area contributed by atoms with Gasteiger partial charge in [-0.05, 0) is 18.1 Å². The quantitative estimate of drug-likeness (QED) is 0.527. The predicted octanol–water partition coefficient (Wildman–Crippen LogP) is 5.02. The molecule has 0 aliphatic rings. The highest BCUT2D eigenvalue weighted by Crippen LogP contribution is 2.29. The molecule has 0 fully saturated rings. The molecule has 1 atom stereocenters. The maximum absolute atomic E-state index is 3.99. The summed E-state index contributed by atoms with van der Waals surface area (Å²) in [4.78, 5) is 3.35. The molecule has 1 aromatic carbocycles. The fourth-order valence-electron chi connectivity index (χ4n) is 2.42. The Morgan fingerprint density at radius 2 is 2.12 bits per heavy atom. The van der Waals surface area contributed by atoms with Gasteiger partial charge in [0, 0.05) is 23.0 Å². The largest absolute Gasteiger partial charge is 0.361 e. The number of aromatic nitrogens is 1. The molecular weight excluding hydrogens is 206 g/mol. The number of unbranched alkanes of at least 4 members (excludes halogenated alkanes) is 2. The summed E-state index contributed by atoms with van der Waals surface area (Å²) in [5, 5.41) is 1.34. The predicted molar refractivity (Wildman–Crippen MR) is 75.4 cm³/mol. The fraction of sp³-hybridized carbons (Fsp3) is 0.375. The molecule has 17 heavy (non-hydrogen) atoms. The van der Waals surface area contributed by atoms with Crippen molar-refractivity contribution in [3.05, 3.63) is 48.7 Å². The van der Waals surface area contributed by atoms with Crippen molar-refractivity contribution in [1.82, 2.24) is 4.98 Å². The van der Waals surface area contributed by atoms with Crippen LogP contribution in [0.25, 0.3) is 10.9 Å². The first-order chi connectivity index (χ1) is 8.36. The molecular formula is C16H21N. The van der Waals surface area contributed by atoms with Crippen LogP contribution in [-0.2, 0) is 0 Å². The zero-order valence-corrected chi connectivity index (χ0v) is 10.6. The van der Waals surface area contributed by atoms with Gasteiger partial charge in [0.15, 0.2) is 0 Å². The minimum Gasteiger partial charge on any atom is -0.361 e. The number of nitrogens with one attached hydrogen (secondary N) is 1. The van der Waals surface area contributed by atoms with Gasteiger partial charge in [-0.25, -0.2) is 0 Å². The van der Waals surface area contributed by atoms with Gasteiger partial charge in [0.05, 0.1) is 0 Å². The smallest absolute Gasteiger partial charge is 0.0457 e. The van der Waals surface area contributed by atoms with Crippen molar-refractivity contribution in [2.75, 3.05) is 0 Å². The lowest BCUT2D eigenvalue weighted by molar-refractivity contribution is 0.631. The second-order valence-electron chi connectivity index (χ2n) is 4.63. The molecule has 0 saturated carbocycles. The van der Waals surface area contributed by atoms with E-state index >= 15 is 0 Å². The third kappa shape index (κ3) is 2.60. The van der Waals surface area contributed by atoms with Crippen LogP contribution in [0.2, 0.25) is 0 Å². The number of hydrogen-bond donors (Lipinski definition) is 1. The number of fused-ring (bicyclic) bond motifs is 1. The standard InChI is InChI=1S/C16H21N/c1-3-5-6-9-13(4-2)15-12-17-16-11-8-7-10-14(15)16/h4,7-8,10-13,17H,2-3,5-6,9H2,1H3. The van der Waals surface area contributed by atoms with Crippen molar-refractivity contribution >= 4 is 10.9 Å². The maximum Gasteiger partial charge on any atom is 0.0457 e. The lowest BCUT2D eigenvalue weighted by Crippen LogP contribution is -1.93. The van der Waals surface area contributed by atoms with E-state index in [1.165, 1.54) is 42.1 Å². The summed E-state index contributed by atoms with van der Waals surface area (Å²) in [6.07, 6.45) is 9.31. The number of hydrogen-bond acceptors (Lipinski definition) is 0. The lowest BCUT2D eigenvalue weighted by atomic mass is 9.93. The van der Waals surface area contributed by atoms with Gasteiger partial charge in [0.25, 0.3) is 0 Å². The Morgan fingerprint density at radius 1 is 1.29 bits per heavy atom. The molecule has 1 heterocycles. The zero-order valence-electron chi connectivity index (χ0n) is 10.6. The Balaban J connectivity index is 2.21. The first-order valence-electron chi connectivity index (χ1n) is 6.55. The molecule has 2 aromatic rings. The molecule has 0 aliphatic heterocycles. The SMILES string of the molecule is C=CC(CCCCC)c1c[nH]c2ccccc12. The van der Waals surface area contributed by atoms with Crippen LogP contribution in [0.1, 0.15) is 44.1 Å². The Hall–Kier alpha value is -1.50. The Bertz CT molecular complexity index is 481. The van der Waals surface area contributed by atoms with E-state index in [1.807, 2.05) is 0 Å². The molecule has 0 radical (unpaired) electrons. The highest BCUT2D eigenvalue weighted by atomic mass is 14.7. The Morgan fingerprint density at radius 3 is 2.88 bits per heavy atom. The molecule has 0 saturated heterocycles. The third-order valence-corrected chi connectivity index (χ3v) is 3.42. The summed E-state index contributed by atoms with van der Waals surface area (Å²) in [6.45, 7) is 6.23. The molecule has 0 amide bonds. The van der Waals surface area contributed by atoms with Crippen LogP contribution in [-0.4, -0.2) is 4.98 Å². The van der Waals surface area contributed by atoms with Gasteiger partial charge in [-0.3, -0.25) is 0 Å². The highest BCUT2D eigenvalue weighted by Gasteiger charge is 2.11. The summed E-state index contributed by atoms with van der Waals surface area (Å²) in [7, 11) is 0. The summed E-state index contributed by atoms with van der Waals surface area (Å²) >= 11 is 0. The van der Waals surface area contributed by atoms with Crippen LogP contribution >= 0.6 is 0 Å². The number of benzene rings is 1. The number of aromatic amines is 1. The van der Waals surface area contributed by atoms with E-state index in [2.05, 4.69) is 55.0 Å². The average molecular weight is 227 g/mol. The molecule has 1 nitrogen and oxygen atoms in total. The number of H-pyrrole nitrogens is 1. The first kappa shape index (κ1) is 12.0. The summed E-state index contributed by atoms with van der Waals surface area (Å²) in [5.74, 6) is 0.484. The fourth-order valence-corrected chi connectivity index (χ4v) is 2.42. The van der Waals surface area contributed by atoms with E-state index < -0.39 is 0 Å². The first-order valence-corrected chi connectivity index (χ1v) is 6.55. The second-order valence-corrected chi connectivity index (χ2v) is 4.63. The van der Waals surface area contributed by atoms with E-state index in [0.717, 1.165) is 0 Å². The van der Waals surface area contributed by atoms with Crippen molar-refractivity contribution in [3.63, 3.8) is 0 Å². The van der Waals surface area contributed by atoms with Crippen LogP contribution in [0.3, 0.4) is 0 Å². The molecule has 90 valence electrons. The summed E-state index contributed by atoms with van der Waals surface area (Å²) < 4.78 is 0. The van der Waals surface area contributed by atoms with E-state index in [-0.39, 0.29) is 0 Å². The topological polar surface area (TPSA) is 15.8 Å². The molecule has 1 heteroatoms. The van der Waals surface area contributed by atoms with Gasteiger partial charge < -0.3 is 4.98 Å². The molecule has 2 rings (SSSR count).